The van der Waals surface area contributed by atoms with Gasteiger partial charge >= 0.3 is 0 Å². The van der Waals surface area contributed by atoms with Gasteiger partial charge in [-0.1, -0.05) is 18.3 Å². The number of hydrogen-bond donors (Lipinski definition) is 2. The maximum atomic E-state index is 10.2. The predicted octanol–water partition coefficient (Wildman–Crippen LogP) is 1.99. The van der Waals surface area contributed by atoms with Gasteiger partial charge in [0, 0.05) is 0 Å². The molecule has 0 heterocycles. The van der Waals surface area contributed by atoms with Crippen LogP contribution in [-0.4, -0.2) is 21.4 Å². The van der Waals surface area contributed by atoms with Crippen LogP contribution in [0.5, 0.6) is 0 Å². The molecule has 0 aliphatic heterocycles. The van der Waals surface area contributed by atoms with Gasteiger partial charge in [0.2, 0.25) is 0 Å². The molecule has 0 spiro atoms. The Hall–Kier alpha value is -0.520. The van der Waals surface area contributed by atoms with Crippen molar-refractivity contribution in [2.75, 3.05) is 0 Å². The zero-order valence-electron chi connectivity index (χ0n) is 9.26. The molecule has 2 heteroatoms. The topological polar surface area (TPSA) is 40.5 Å². The summed E-state index contributed by atoms with van der Waals surface area (Å²) in [7, 11) is 0. The first-order valence-electron chi connectivity index (χ1n) is 6.11. The monoisotopic (exact) mass is 208 g/mol. The number of rotatable bonds is 0. The van der Waals surface area contributed by atoms with Crippen molar-refractivity contribution in [3.63, 3.8) is 0 Å². The third kappa shape index (κ3) is 2.74. The van der Waals surface area contributed by atoms with Crippen LogP contribution in [0.15, 0.2) is 0 Å². The Labute approximate surface area is 91.7 Å². The third-order valence-electron chi connectivity index (χ3n) is 3.64. The molecule has 15 heavy (non-hydrogen) atoms. The summed E-state index contributed by atoms with van der Waals surface area (Å²) in [5, 5.41) is 20.2. The Morgan fingerprint density at radius 2 is 0.933 bits per heavy atom. The molecular formula is C13H20O2. The Morgan fingerprint density at radius 1 is 0.600 bits per heavy atom. The minimum Gasteiger partial charge on any atom is -0.378 e. The van der Waals surface area contributed by atoms with E-state index in [1.54, 1.807) is 0 Å². The van der Waals surface area contributed by atoms with Crippen LogP contribution in [0, 0.1) is 11.8 Å². The van der Waals surface area contributed by atoms with Gasteiger partial charge in [0.15, 0.2) is 0 Å². The molecule has 0 aromatic rings. The lowest BCUT2D eigenvalue weighted by molar-refractivity contribution is 0.0584. The lowest BCUT2D eigenvalue weighted by Crippen LogP contribution is -2.31. The lowest BCUT2D eigenvalue weighted by atomic mass is 9.85. The van der Waals surface area contributed by atoms with Crippen molar-refractivity contribution in [1.82, 2.24) is 0 Å². The quantitative estimate of drug-likeness (QED) is 0.598. The molecule has 2 fully saturated rings. The zero-order valence-corrected chi connectivity index (χ0v) is 9.26. The maximum absolute atomic E-state index is 10.2. The highest BCUT2D eigenvalue weighted by Crippen LogP contribution is 2.31. The summed E-state index contributed by atoms with van der Waals surface area (Å²) in [5.74, 6) is 5.86. The Balaban J connectivity index is 2.02. The summed E-state index contributed by atoms with van der Waals surface area (Å²) in [6.07, 6.45) is 8.53. The van der Waals surface area contributed by atoms with Gasteiger partial charge in [0.05, 0.1) is 0 Å². The molecule has 0 amide bonds. The third-order valence-corrected chi connectivity index (χ3v) is 3.64. The Bertz CT molecular complexity index is 273. The van der Waals surface area contributed by atoms with Gasteiger partial charge in [-0.2, -0.15) is 0 Å². The van der Waals surface area contributed by atoms with E-state index in [2.05, 4.69) is 11.8 Å². The highest BCUT2D eigenvalue weighted by molar-refractivity contribution is 5.22. The first-order chi connectivity index (χ1) is 7.12. The van der Waals surface area contributed by atoms with Crippen molar-refractivity contribution in [1.29, 1.82) is 0 Å². The average molecular weight is 208 g/mol. The van der Waals surface area contributed by atoms with E-state index in [0.717, 1.165) is 51.4 Å². The van der Waals surface area contributed by atoms with Crippen molar-refractivity contribution < 1.29 is 10.2 Å². The van der Waals surface area contributed by atoms with Crippen LogP contribution in [0.3, 0.4) is 0 Å². The predicted molar refractivity (Wildman–Crippen MR) is 59.2 cm³/mol. The Morgan fingerprint density at radius 3 is 1.33 bits per heavy atom. The van der Waals surface area contributed by atoms with Gasteiger partial charge < -0.3 is 10.2 Å². The van der Waals surface area contributed by atoms with Gasteiger partial charge in [-0.3, -0.25) is 0 Å². The molecule has 2 aliphatic rings. The fraction of sp³-hybridized carbons (Fsp3) is 0.846. The fourth-order valence-corrected chi connectivity index (χ4v) is 2.58. The molecule has 2 rings (SSSR count). The number of aliphatic hydroxyl groups is 2. The normalized spacial score (nSPS) is 28.1. The summed E-state index contributed by atoms with van der Waals surface area (Å²) >= 11 is 0. The van der Waals surface area contributed by atoms with Crippen molar-refractivity contribution in [3.05, 3.63) is 0 Å². The van der Waals surface area contributed by atoms with Crippen LogP contribution in [-0.2, 0) is 0 Å². The van der Waals surface area contributed by atoms with Crippen LogP contribution in [0.25, 0.3) is 0 Å². The van der Waals surface area contributed by atoms with Crippen LogP contribution in [0.4, 0.5) is 0 Å². The summed E-state index contributed by atoms with van der Waals surface area (Å²) in [6, 6.07) is 0. The minimum atomic E-state index is -0.809. The van der Waals surface area contributed by atoms with Crippen LogP contribution >= 0.6 is 0 Å². The van der Waals surface area contributed by atoms with E-state index in [4.69, 9.17) is 0 Å². The number of hydrogen-bond acceptors (Lipinski definition) is 2. The second kappa shape index (κ2) is 4.15. The molecule has 84 valence electrons. The van der Waals surface area contributed by atoms with E-state index < -0.39 is 11.2 Å². The Kier molecular flexibility index (Phi) is 3.04. The van der Waals surface area contributed by atoms with Gasteiger partial charge in [0.1, 0.15) is 11.2 Å². The van der Waals surface area contributed by atoms with E-state index in [1.807, 2.05) is 0 Å². The van der Waals surface area contributed by atoms with Gasteiger partial charge in [-0.25, -0.2) is 0 Å². The second-order valence-electron chi connectivity index (χ2n) is 5.08. The first-order valence-corrected chi connectivity index (χ1v) is 6.11. The second-order valence-corrected chi connectivity index (χ2v) is 5.08. The van der Waals surface area contributed by atoms with E-state index >= 15 is 0 Å². The summed E-state index contributed by atoms with van der Waals surface area (Å²) in [5.41, 5.74) is -1.61. The highest BCUT2D eigenvalue weighted by Gasteiger charge is 2.31. The molecule has 0 aromatic heterocycles. The summed E-state index contributed by atoms with van der Waals surface area (Å²) in [6.45, 7) is 0. The summed E-state index contributed by atoms with van der Waals surface area (Å²) < 4.78 is 0. The highest BCUT2D eigenvalue weighted by atomic mass is 16.3. The van der Waals surface area contributed by atoms with Gasteiger partial charge in [-0.05, 0) is 51.4 Å². The van der Waals surface area contributed by atoms with Crippen molar-refractivity contribution in [2.24, 2.45) is 0 Å². The fourth-order valence-electron chi connectivity index (χ4n) is 2.58. The van der Waals surface area contributed by atoms with Gasteiger partial charge in [-0.15, -0.1) is 0 Å². The van der Waals surface area contributed by atoms with Crippen molar-refractivity contribution in [2.45, 2.75) is 69.0 Å². The van der Waals surface area contributed by atoms with Crippen LogP contribution < -0.4 is 0 Å². The van der Waals surface area contributed by atoms with Gasteiger partial charge in [0.25, 0.3) is 0 Å². The van der Waals surface area contributed by atoms with E-state index in [-0.39, 0.29) is 0 Å². The van der Waals surface area contributed by atoms with E-state index in [1.165, 1.54) is 6.42 Å². The molecule has 0 aromatic carbocycles. The van der Waals surface area contributed by atoms with E-state index in [0.29, 0.717) is 0 Å². The minimum absolute atomic E-state index is 0.774. The molecule has 0 atom stereocenters. The van der Waals surface area contributed by atoms with E-state index in [9.17, 15) is 10.2 Å². The SMILES string of the molecule is OC1(C#CC2(O)CCCC2)CCCCC1. The van der Waals surface area contributed by atoms with Crippen LogP contribution in [0.2, 0.25) is 0 Å². The molecule has 0 bridgehead atoms. The van der Waals surface area contributed by atoms with Crippen molar-refractivity contribution in [3.8, 4) is 11.8 Å². The smallest absolute Gasteiger partial charge is 0.125 e. The lowest BCUT2D eigenvalue weighted by Gasteiger charge is -2.27. The summed E-state index contributed by atoms with van der Waals surface area (Å²) in [4.78, 5) is 0. The molecule has 2 nitrogen and oxygen atoms in total. The molecule has 2 N–H and O–H groups in total. The maximum Gasteiger partial charge on any atom is 0.125 e. The molecule has 2 aliphatic carbocycles. The molecule has 2 saturated carbocycles. The standard InChI is InChI=1S/C13H20O2/c14-12(6-2-1-3-7-12)10-11-13(15)8-4-5-9-13/h14-15H,1-9H2. The first kappa shape index (κ1) is 11.0. The molecule has 0 unspecified atom stereocenters. The van der Waals surface area contributed by atoms with Crippen LogP contribution in [0.1, 0.15) is 57.8 Å². The largest absolute Gasteiger partial charge is 0.378 e. The molecule has 0 radical (unpaired) electrons. The molecule has 0 saturated heterocycles. The zero-order chi connectivity index (χ0) is 10.8. The average Bonchev–Trinajstić information content (AvgIpc) is 2.65. The molecular weight excluding hydrogens is 188 g/mol. The van der Waals surface area contributed by atoms with Crippen molar-refractivity contribution >= 4 is 0 Å².